The van der Waals surface area contributed by atoms with Gasteiger partial charge in [-0.15, -0.1) is 0 Å². The molecule has 28 heavy (non-hydrogen) atoms. The Morgan fingerprint density at radius 2 is 1.79 bits per heavy atom. The molecule has 1 amide bonds. The standard InChI is InChI=1S/C23H39NO4/c1-9-18(25)28-23(8)13-17(23)21(6,11-3)15-27-19(26)24-14-22(7)12-16(22)20(4,5)10-2/h9,16-17H,1,10-15H2,2-8H3,(H,24,26). The smallest absolute Gasteiger partial charge is 0.407 e. The van der Waals surface area contributed by atoms with E-state index in [1.807, 2.05) is 6.92 Å². The summed E-state index contributed by atoms with van der Waals surface area (Å²) in [5.74, 6) is 0.416. The fourth-order valence-corrected chi connectivity index (χ4v) is 4.79. The highest BCUT2D eigenvalue weighted by Gasteiger charge is 2.61. The Labute approximate surface area is 170 Å². The maximum absolute atomic E-state index is 12.3. The Morgan fingerprint density at radius 3 is 2.32 bits per heavy atom. The summed E-state index contributed by atoms with van der Waals surface area (Å²) in [5.41, 5.74) is -0.235. The summed E-state index contributed by atoms with van der Waals surface area (Å²) in [6.07, 6.45) is 4.76. The number of nitrogens with one attached hydrogen (secondary N) is 1. The van der Waals surface area contributed by atoms with E-state index in [0.29, 0.717) is 24.5 Å². The Kier molecular flexibility index (Phi) is 6.28. The van der Waals surface area contributed by atoms with E-state index in [-0.39, 0.29) is 22.8 Å². The van der Waals surface area contributed by atoms with E-state index >= 15 is 0 Å². The fourth-order valence-electron chi connectivity index (χ4n) is 4.79. The highest BCUT2D eigenvalue weighted by Crippen LogP contribution is 2.61. The van der Waals surface area contributed by atoms with Gasteiger partial charge in [-0.3, -0.25) is 0 Å². The lowest BCUT2D eigenvalue weighted by Crippen LogP contribution is -2.36. The number of rotatable bonds is 10. The van der Waals surface area contributed by atoms with Crippen molar-refractivity contribution in [1.82, 2.24) is 5.32 Å². The van der Waals surface area contributed by atoms with E-state index < -0.39 is 11.6 Å². The molecule has 0 spiro atoms. The summed E-state index contributed by atoms with van der Waals surface area (Å²) < 4.78 is 11.1. The molecular weight excluding hydrogens is 354 g/mol. The first-order chi connectivity index (χ1) is 12.9. The molecule has 160 valence electrons. The summed E-state index contributed by atoms with van der Waals surface area (Å²) in [5, 5.41) is 2.97. The molecule has 1 N–H and O–H groups in total. The number of carbonyl (C=O) groups is 2. The number of ether oxygens (including phenoxy) is 2. The van der Waals surface area contributed by atoms with Gasteiger partial charge in [0.2, 0.25) is 0 Å². The zero-order valence-corrected chi connectivity index (χ0v) is 18.8. The highest BCUT2D eigenvalue weighted by molar-refractivity contribution is 5.81. The van der Waals surface area contributed by atoms with Gasteiger partial charge in [-0.2, -0.15) is 0 Å². The largest absolute Gasteiger partial charge is 0.456 e. The first kappa shape index (κ1) is 22.8. The Hall–Kier alpha value is -1.52. The van der Waals surface area contributed by atoms with Gasteiger partial charge in [0, 0.05) is 24.0 Å². The second-order valence-corrected chi connectivity index (χ2v) is 10.4. The molecule has 0 aromatic carbocycles. The van der Waals surface area contributed by atoms with Crippen LogP contribution in [0.4, 0.5) is 4.79 Å². The van der Waals surface area contributed by atoms with E-state index in [1.165, 1.54) is 6.08 Å². The maximum atomic E-state index is 12.3. The van der Waals surface area contributed by atoms with Crippen molar-refractivity contribution in [2.24, 2.45) is 28.1 Å². The number of alkyl carbamates (subject to hydrolysis) is 1. The third-order valence-corrected chi connectivity index (χ3v) is 7.71. The third kappa shape index (κ3) is 4.72. The molecule has 5 unspecified atom stereocenters. The normalized spacial score (nSPS) is 33.4. The number of amides is 1. The van der Waals surface area contributed by atoms with Crippen LogP contribution in [-0.2, 0) is 14.3 Å². The van der Waals surface area contributed by atoms with Crippen LogP contribution in [-0.4, -0.2) is 30.8 Å². The lowest BCUT2D eigenvalue weighted by molar-refractivity contribution is -0.146. The molecule has 0 radical (unpaired) electrons. The van der Waals surface area contributed by atoms with Crippen LogP contribution in [0.3, 0.4) is 0 Å². The van der Waals surface area contributed by atoms with Crippen LogP contribution in [0.2, 0.25) is 0 Å². The molecule has 5 atom stereocenters. The summed E-state index contributed by atoms with van der Waals surface area (Å²) in [6.45, 7) is 19.6. The van der Waals surface area contributed by atoms with Crippen molar-refractivity contribution in [3.05, 3.63) is 12.7 Å². The first-order valence-corrected chi connectivity index (χ1v) is 10.6. The second-order valence-electron chi connectivity index (χ2n) is 10.4. The molecule has 2 rings (SSSR count). The van der Waals surface area contributed by atoms with Crippen molar-refractivity contribution < 1.29 is 19.1 Å². The van der Waals surface area contributed by atoms with E-state index in [2.05, 4.69) is 53.4 Å². The van der Waals surface area contributed by atoms with Crippen molar-refractivity contribution >= 4 is 12.1 Å². The van der Waals surface area contributed by atoms with Crippen LogP contribution < -0.4 is 5.32 Å². The summed E-state index contributed by atoms with van der Waals surface area (Å²) in [4.78, 5) is 23.9. The minimum absolute atomic E-state index is 0.167. The van der Waals surface area contributed by atoms with Gasteiger partial charge in [0.25, 0.3) is 0 Å². The SMILES string of the molecule is C=CC(=O)OC1(C)CC1C(C)(CC)COC(=O)NCC1(C)CC1C(C)(C)CC. The number of esters is 1. The molecule has 5 nitrogen and oxygen atoms in total. The molecule has 0 aromatic rings. The van der Waals surface area contributed by atoms with Crippen LogP contribution in [0, 0.1) is 28.1 Å². The van der Waals surface area contributed by atoms with Crippen LogP contribution in [0.5, 0.6) is 0 Å². The number of hydrogen-bond donors (Lipinski definition) is 1. The Bertz CT molecular complexity index is 630. The van der Waals surface area contributed by atoms with E-state index in [9.17, 15) is 9.59 Å². The molecule has 0 bridgehead atoms. The van der Waals surface area contributed by atoms with Crippen LogP contribution in [0.25, 0.3) is 0 Å². The van der Waals surface area contributed by atoms with Gasteiger partial charge in [-0.05, 0) is 42.9 Å². The number of hydrogen-bond acceptors (Lipinski definition) is 4. The van der Waals surface area contributed by atoms with Gasteiger partial charge >= 0.3 is 12.1 Å². The Morgan fingerprint density at radius 1 is 1.14 bits per heavy atom. The molecule has 2 saturated carbocycles. The zero-order valence-electron chi connectivity index (χ0n) is 18.8. The molecule has 0 aliphatic heterocycles. The highest BCUT2D eigenvalue weighted by atomic mass is 16.6. The first-order valence-electron chi connectivity index (χ1n) is 10.6. The van der Waals surface area contributed by atoms with Gasteiger partial charge in [-0.25, -0.2) is 9.59 Å². The van der Waals surface area contributed by atoms with Gasteiger partial charge in [0.05, 0.1) is 6.61 Å². The second kappa shape index (κ2) is 7.72. The van der Waals surface area contributed by atoms with E-state index in [4.69, 9.17) is 9.47 Å². The number of carbonyl (C=O) groups excluding carboxylic acids is 2. The summed E-state index contributed by atoms with van der Waals surface area (Å²) in [6, 6.07) is 0. The zero-order chi connectivity index (χ0) is 21.4. The summed E-state index contributed by atoms with van der Waals surface area (Å²) >= 11 is 0. The molecule has 0 saturated heterocycles. The average Bonchev–Trinajstić information content (AvgIpc) is 3.53. The van der Waals surface area contributed by atoms with Crippen LogP contribution in [0.15, 0.2) is 12.7 Å². The van der Waals surface area contributed by atoms with Gasteiger partial charge in [-0.1, -0.05) is 54.5 Å². The molecule has 2 fully saturated rings. The predicted octanol–water partition coefficient (Wildman–Crippen LogP) is 5.10. The fraction of sp³-hybridized carbons (Fsp3) is 0.826. The topological polar surface area (TPSA) is 64.6 Å². The molecule has 5 heteroatoms. The molecule has 0 aromatic heterocycles. The van der Waals surface area contributed by atoms with Crippen molar-refractivity contribution in [2.45, 2.75) is 79.8 Å². The molecule has 2 aliphatic rings. The lowest BCUT2D eigenvalue weighted by Gasteiger charge is -2.30. The van der Waals surface area contributed by atoms with Gasteiger partial charge < -0.3 is 14.8 Å². The van der Waals surface area contributed by atoms with E-state index in [1.54, 1.807) is 0 Å². The van der Waals surface area contributed by atoms with E-state index in [0.717, 1.165) is 25.7 Å². The monoisotopic (exact) mass is 393 g/mol. The van der Waals surface area contributed by atoms with Gasteiger partial charge in [0.15, 0.2) is 0 Å². The van der Waals surface area contributed by atoms with Crippen LogP contribution >= 0.6 is 0 Å². The molecule has 0 heterocycles. The predicted molar refractivity (Wildman–Crippen MR) is 111 cm³/mol. The third-order valence-electron chi connectivity index (χ3n) is 7.71. The maximum Gasteiger partial charge on any atom is 0.407 e. The van der Waals surface area contributed by atoms with Crippen molar-refractivity contribution in [2.75, 3.05) is 13.2 Å². The minimum atomic E-state index is -0.490. The lowest BCUT2D eigenvalue weighted by atomic mass is 9.81. The summed E-state index contributed by atoms with van der Waals surface area (Å²) in [7, 11) is 0. The molecular formula is C23H39NO4. The molecule has 2 aliphatic carbocycles. The van der Waals surface area contributed by atoms with Gasteiger partial charge in [0.1, 0.15) is 5.60 Å². The van der Waals surface area contributed by atoms with Crippen molar-refractivity contribution in [3.63, 3.8) is 0 Å². The average molecular weight is 394 g/mol. The van der Waals surface area contributed by atoms with Crippen molar-refractivity contribution in [1.29, 1.82) is 0 Å². The van der Waals surface area contributed by atoms with Crippen LogP contribution in [0.1, 0.15) is 74.1 Å². The van der Waals surface area contributed by atoms with Crippen molar-refractivity contribution in [3.8, 4) is 0 Å². The Balaban J connectivity index is 1.81. The quantitative estimate of drug-likeness (QED) is 0.414. The minimum Gasteiger partial charge on any atom is -0.456 e.